The van der Waals surface area contributed by atoms with E-state index in [0.717, 1.165) is 12.1 Å². The van der Waals surface area contributed by atoms with Crippen LogP contribution < -0.4 is 5.32 Å². The van der Waals surface area contributed by atoms with Crippen LogP contribution in [-0.4, -0.2) is 16.1 Å². The van der Waals surface area contributed by atoms with Crippen molar-refractivity contribution in [1.29, 1.82) is 5.26 Å². The van der Waals surface area contributed by atoms with Crippen molar-refractivity contribution < 1.29 is 18.0 Å². The zero-order valence-electron chi connectivity index (χ0n) is 10.5. The van der Waals surface area contributed by atoms with Crippen molar-refractivity contribution in [3.63, 3.8) is 0 Å². The van der Waals surface area contributed by atoms with Gasteiger partial charge in [-0.15, -0.1) is 0 Å². The number of H-pyrrole nitrogens is 1. The molecule has 5 nitrogen and oxygen atoms in total. The summed E-state index contributed by atoms with van der Waals surface area (Å²) in [5.74, 6) is -0.301. The molecule has 108 valence electrons. The molecule has 0 fully saturated rings. The molecule has 0 aliphatic heterocycles. The Morgan fingerprint density at radius 3 is 2.57 bits per heavy atom. The molecule has 0 saturated carbocycles. The number of nitrogens with one attached hydrogen (secondary N) is 2. The maximum absolute atomic E-state index is 12.4. The topological polar surface area (TPSA) is 81.6 Å². The molecule has 0 aliphatic rings. The van der Waals surface area contributed by atoms with E-state index in [9.17, 15) is 18.0 Å². The van der Waals surface area contributed by atoms with E-state index in [2.05, 4.69) is 15.5 Å². The molecule has 1 amide bonds. The molecule has 0 spiro atoms. The van der Waals surface area contributed by atoms with Crippen molar-refractivity contribution in [2.45, 2.75) is 12.6 Å². The number of hydrogen-bond donors (Lipinski definition) is 2. The molecular weight excluding hydrogens is 285 g/mol. The van der Waals surface area contributed by atoms with Crippen LogP contribution in [0.25, 0.3) is 0 Å². The van der Waals surface area contributed by atoms with Gasteiger partial charge in [0.15, 0.2) is 0 Å². The molecule has 0 aliphatic carbocycles. The normalized spacial score (nSPS) is 11.0. The van der Waals surface area contributed by atoms with Gasteiger partial charge in [-0.1, -0.05) is 12.1 Å². The molecule has 1 aromatic carbocycles. The van der Waals surface area contributed by atoms with E-state index < -0.39 is 17.6 Å². The zero-order chi connectivity index (χ0) is 15.5. The van der Waals surface area contributed by atoms with E-state index in [1.807, 2.05) is 6.07 Å². The van der Waals surface area contributed by atoms with E-state index in [1.165, 1.54) is 18.3 Å². The summed E-state index contributed by atoms with van der Waals surface area (Å²) in [5, 5.41) is 17.2. The molecule has 0 radical (unpaired) electrons. The van der Waals surface area contributed by atoms with Crippen LogP contribution in [0.4, 0.5) is 19.0 Å². The number of carbonyl (C=O) groups is 1. The number of nitrogens with zero attached hydrogens (tertiary/aromatic N) is 2. The van der Waals surface area contributed by atoms with Crippen LogP contribution in [0.2, 0.25) is 0 Å². The van der Waals surface area contributed by atoms with Crippen molar-refractivity contribution >= 4 is 11.7 Å². The molecule has 21 heavy (non-hydrogen) atoms. The van der Waals surface area contributed by atoms with Crippen LogP contribution in [0.15, 0.2) is 30.5 Å². The number of nitriles is 1. The number of rotatable bonds is 3. The van der Waals surface area contributed by atoms with Gasteiger partial charge in [-0.25, -0.2) is 0 Å². The minimum atomic E-state index is -4.40. The standard InChI is InChI=1S/C13H9F3N4O/c14-13(15,16)10-3-1-8(2-4-10)5-11(21)19-12-9(6-17)7-18-20-12/h1-4,7H,5H2,(H2,18,19,20,21). The second kappa shape index (κ2) is 5.66. The number of carbonyl (C=O) groups excluding carboxylic acids is 1. The highest BCUT2D eigenvalue weighted by Crippen LogP contribution is 2.29. The molecule has 1 heterocycles. The highest BCUT2D eigenvalue weighted by molar-refractivity contribution is 5.92. The van der Waals surface area contributed by atoms with Crippen LogP contribution >= 0.6 is 0 Å². The quantitative estimate of drug-likeness (QED) is 0.912. The van der Waals surface area contributed by atoms with Gasteiger partial charge in [0.25, 0.3) is 0 Å². The number of hydrogen-bond acceptors (Lipinski definition) is 3. The third kappa shape index (κ3) is 3.60. The average Bonchev–Trinajstić information content (AvgIpc) is 2.85. The molecule has 0 unspecified atom stereocenters. The van der Waals surface area contributed by atoms with Crippen molar-refractivity contribution in [1.82, 2.24) is 10.2 Å². The van der Waals surface area contributed by atoms with Gasteiger partial charge >= 0.3 is 6.18 Å². The Hall–Kier alpha value is -2.82. The number of alkyl halides is 3. The highest BCUT2D eigenvalue weighted by Gasteiger charge is 2.29. The molecule has 2 aromatic rings. The number of benzene rings is 1. The molecule has 1 aromatic heterocycles. The van der Waals surface area contributed by atoms with Gasteiger partial charge in [-0.3, -0.25) is 9.89 Å². The first-order valence-corrected chi connectivity index (χ1v) is 5.79. The van der Waals surface area contributed by atoms with Crippen LogP contribution in [0.5, 0.6) is 0 Å². The Kier molecular flexibility index (Phi) is 3.93. The Morgan fingerprint density at radius 2 is 2.00 bits per heavy atom. The first kappa shape index (κ1) is 14.6. The molecule has 0 saturated heterocycles. The van der Waals surface area contributed by atoms with Crippen molar-refractivity contribution in [3.05, 3.63) is 47.2 Å². The van der Waals surface area contributed by atoms with Gasteiger partial charge in [0.1, 0.15) is 17.5 Å². The number of halogens is 3. The third-order valence-corrected chi connectivity index (χ3v) is 2.67. The number of amides is 1. The first-order chi connectivity index (χ1) is 9.90. The van der Waals surface area contributed by atoms with Crippen LogP contribution in [0.1, 0.15) is 16.7 Å². The lowest BCUT2D eigenvalue weighted by Gasteiger charge is -2.07. The predicted molar refractivity (Wildman–Crippen MR) is 67.1 cm³/mol. The smallest absolute Gasteiger partial charge is 0.310 e. The Bertz CT molecular complexity index is 683. The predicted octanol–water partition coefficient (Wildman–Crippen LogP) is 2.48. The molecule has 8 heteroatoms. The maximum atomic E-state index is 12.4. The van der Waals surface area contributed by atoms with Gasteiger partial charge in [0.05, 0.1) is 18.2 Å². The summed E-state index contributed by atoms with van der Waals surface area (Å²) < 4.78 is 37.2. The minimum absolute atomic E-state index is 0.109. The van der Waals surface area contributed by atoms with Gasteiger partial charge in [-0.05, 0) is 17.7 Å². The van der Waals surface area contributed by atoms with Gasteiger partial charge in [0.2, 0.25) is 5.91 Å². The van der Waals surface area contributed by atoms with E-state index >= 15 is 0 Å². The number of anilines is 1. The fourth-order valence-corrected chi connectivity index (χ4v) is 1.65. The zero-order valence-corrected chi connectivity index (χ0v) is 10.5. The third-order valence-electron chi connectivity index (χ3n) is 2.67. The highest BCUT2D eigenvalue weighted by atomic mass is 19.4. The Balaban J connectivity index is 2.02. The van der Waals surface area contributed by atoms with Crippen LogP contribution in [0, 0.1) is 11.3 Å². The molecule has 2 rings (SSSR count). The largest absolute Gasteiger partial charge is 0.416 e. The second-order valence-corrected chi connectivity index (χ2v) is 4.19. The van der Waals surface area contributed by atoms with Crippen molar-refractivity contribution in [3.8, 4) is 6.07 Å². The summed E-state index contributed by atoms with van der Waals surface area (Å²) in [7, 11) is 0. The monoisotopic (exact) mass is 294 g/mol. The number of aromatic nitrogens is 2. The molecule has 0 bridgehead atoms. The second-order valence-electron chi connectivity index (χ2n) is 4.19. The van der Waals surface area contributed by atoms with E-state index in [-0.39, 0.29) is 17.8 Å². The Morgan fingerprint density at radius 1 is 1.33 bits per heavy atom. The summed E-state index contributed by atoms with van der Waals surface area (Å²) >= 11 is 0. The van der Waals surface area contributed by atoms with Gasteiger partial charge in [0, 0.05) is 0 Å². The van der Waals surface area contributed by atoms with Crippen LogP contribution in [0.3, 0.4) is 0 Å². The molecule has 0 atom stereocenters. The fraction of sp³-hybridized carbons (Fsp3) is 0.154. The van der Waals surface area contributed by atoms with Crippen molar-refractivity contribution in [2.24, 2.45) is 0 Å². The maximum Gasteiger partial charge on any atom is 0.416 e. The fourth-order valence-electron chi connectivity index (χ4n) is 1.65. The van der Waals surface area contributed by atoms with E-state index in [4.69, 9.17) is 5.26 Å². The Labute approximate surface area is 117 Å². The van der Waals surface area contributed by atoms with E-state index in [1.54, 1.807) is 0 Å². The first-order valence-electron chi connectivity index (χ1n) is 5.79. The molecule has 2 N–H and O–H groups in total. The molecular formula is C13H9F3N4O. The summed E-state index contributed by atoms with van der Waals surface area (Å²) in [6.45, 7) is 0. The lowest BCUT2D eigenvalue weighted by Crippen LogP contribution is -2.15. The average molecular weight is 294 g/mol. The van der Waals surface area contributed by atoms with Gasteiger partial charge in [-0.2, -0.15) is 23.5 Å². The summed E-state index contributed by atoms with van der Waals surface area (Å²) in [6.07, 6.45) is -3.26. The van der Waals surface area contributed by atoms with E-state index in [0.29, 0.717) is 5.56 Å². The number of aromatic amines is 1. The minimum Gasteiger partial charge on any atom is -0.310 e. The van der Waals surface area contributed by atoms with Crippen molar-refractivity contribution in [2.75, 3.05) is 5.32 Å². The lowest BCUT2D eigenvalue weighted by molar-refractivity contribution is -0.137. The lowest BCUT2D eigenvalue weighted by atomic mass is 10.1. The van der Waals surface area contributed by atoms with Crippen LogP contribution in [-0.2, 0) is 17.4 Å². The van der Waals surface area contributed by atoms with Gasteiger partial charge < -0.3 is 5.32 Å². The summed E-state index contributed by atoms with van der Waals surface area (Å²) in [6, 6.07) is 6.14. The summed E-state index contributed by atoms with van der Waals surface area (Å²) in [4.78, 5) is 11.7. The summed E-state index contributed by atoms with van der Waals surface area (Å²) in [5.41, 5.74) is -0.165. The SMILES string of the molecule is N#Cc1cn[nH]c1NC(=O)Cc1ccc(C(F)(F)F)cc1.